The number of fused-ring (bicyclic) bond motifs is 3. The highest BCUT2D eigenvalue weighted by Gasteiger charge is 2.55. The molecule has 0 radical (unpaired) electrons. The van der Waals surface area contributed by atoms with E-state index in [1.165, 1.54) is 46.5 Å². The summed E-state index contributed by atoms with van der Waals surface area (Å²) < 4.78 is 36.2. The topological polar surface area (TPSA) is 238 Å². The number of amides is 1. The number of nitrogens with zero attached hydrogens (tertiary/aromatic N) is 2. The number of methoxy groups -OCH3 is 2. The van der Waals surface area contributed by atoms with Gasteiger partial charge in [0.2, 0.25) is 5.78 Å². The van der Waals surface area contributed by atoms with Crippen molar-refractivity contribution in [2.24, 2.45) is 34.6 Å². The van der Waals surface area contributed by atoms with E-state index in [-0.39, 0.29) is 45.2 Å². The number of likely N-dealkylation sites (tertiary alicyclic amines) is 1. The van der Waals surface area contributed by atoms with Crippen LogP contribution in [0.1, 0.15) is 120 Å². The fourth-order valence-electron chi connectivity index (χ4n) is 10.1. The van der Waals surface area contributed by atoms with Crippen LogP contribution in [0.2, 0.25) is 0 Å². The Morgan fingerprint density at radius 1 is 0.928 bits per heavy atom. The van der Waals surface area contributed by atoms with Crippen molar-refractivity contribution in [3.63, 3.8) is 0 Å². The summed E-state index contributed by atoms with van der Waals surface area (Å²) in [5.41, 5.74) is 0.460. The van der Waals surface area contributed by atoms with Gasteiger partial charge in [-0.15, -0.1) is 0 Å². The van der Waals surface area contributed by atoms with Crippen molar-refractivity contribution in [2.75, 3.05) is 33.9 Å². The second-order valence-corrected chi connectivity index (χ2v) is 19.6. The molecule has 1 spiro atoms. The molecule has 1 aromatic rings. The number of carboxylic acids is 1. The summed E-state index contributed by atoms with van der Waals surface area (Å²) in [6.07, 6.45) is 3.74. The normalized spacial score (nSPS) is 31.1. The highest BCUT2D eigenvalue weighted by Crippen LogP contribution is 2.50. The summed E-state index contributed by atoms with van der Waals surface area (Å²) in [7, 11) is 2.85. The standard InChI is InChI=1S/C51H68N4O14/c1-25(2)24-55-21-19-51(20-22-55)53-39-36-37-43(61)41(40(39)54-51)52-49(63)27(4)15-13-14-26(3)44(68-35(59)17-16-34(57)58)29(6)42(60)30(7)45(67-32(9)56)28(5)33(64-11)18-23-66-50(10)48(62)38(36)47(69-50)31(8)46(37)65-12/h13-15,18,23,25-26,28-30,33,42,44-45,54,60H,16-17,19-22,24H2,1-12H3,(H,52,63)(H,57,58)/b14-13+,23-18+,27-15-/t26-,28+,29-,30+,33-,42+,44-,45+,50-/m0/s1. The fourth-order valence-corrected chi connectivity index (χ4v) is 10.1. The molecule has 1 aliphatic carbocycles. The minimum absolute atomic E-state index is 0.0309. The van der Waals surface area contributed by atoms with E-state index in [1.807, 2.05) is 0 Å². The highest BCUT2D eigenvalue weighted by atomic mass is 16.7. The van der Waals surface area contributed by atoms with E-state index in [2.05, 4.69) is 29.4 Å². The third-order valence-corrected chi connectivity index (χ3v) is 13.9. The number of piperidine rings is 1. The zero-order valence-corrected chi connectivity index (χ0v) is 41.7. The van der Waals surface area contributed by atoms with Gasteiger partial charge in [-0.05, 0) is 25.8 Å². The SMILES string of the molecule is COc1c(C)c2c3c4c1C(=O)C(=C1NC5(CCN(CC(C)C)CC5)N=C14)NC(=O)/C(C)=C\C=C\[C@H](C)[C@H](OC(=O)CCC(=O)O)[C@@H](C)[C@@H](O)[C@@H](C)[C@H](OC(C)=O)[C@H](C)[C@@H](OC)/C=C/O[C@@](C)(O2)C3=O. The molecular formula is C51H68N4O14. The number of aliphatic hydroxyl groups excluding tert-OH is 1. The number of hydrogen-bond acceptors (Lipinski definition) is 16. The van der Waals surface area contributed by atoms with E-state index in [1.54, 1.807) is 53.7 Å². The molecule has 1 amide bonds. The molecule has 0 saturated carbocycles. The van der Waals surface area contributed by atoms with Gasteiger partial charge in [-0.1, -0.05) is 59.8 Å². The van der Waals surface area contributed by atoms with Gasteiger partial charge < -0.3 is 54.2 Å². The van der Waals surface area contributed by atoms with Crippen molar-refractivity contribution in [3.8, 4) is 11.5 Å². The lowest BCUT2D eigenvalue weighted by atomic mass is 9.78. The van der Waals surface area contributed by atoms with Crippen molar-refractivity contribution in [2.45, 2.75) is 131 Å². The van der Waals surface area contributed by atoms with E-state index in [4.69, 9.17) is 33.4 Å². The van der Waals surface area contributed by atoms with Gasteiger partial charge in [0, 0.05) is 93.8 Å². The number of ether oxygens (including phenoxy) is 6. The molecular weight excluding hydrogens is 893 g/mol. The first-order valence-electron chi connectivity index (χ1n) is 23.7. The van der Waals surface area contributed by atoms with Crippen molar-refractivity contribution in [3.05, 3.63) is 69.8 Å². The minimum Gasteiger partial charge on any atom is -0.496 e. The second-order valence-electron chi connectivity index (χ2n) is 19.6. The number of aliphatic hydroxyl groups is 1. The molecule has 18 heteroatoms. The maximum atomic E-state index is 15.1. The van der Waals surface area contributed by atoms with Gasteiger partial charge in [0.1, 0.15) is 35.1 Å². The molecule has 69 heavy (non-hydrogen) atoms. The maximum absolute atomic E-state index is 15.1. The number of allylic oxidation sites excluding steroid dienone is 4. The first kappa shape index (κ1) is 52.5. The number of benzene rings is 1. The highest BCUT2D eigenvalue weighted by molar-refractivity contribution is 6.34. The fraction of sp³-hybridized carbons (Fsp3) is 0.588. The molecule has 5 bridgehead atoms. The lowest BCUT2D eigenvalue weighted by molar-refractivity contribution is -0.166. The Hall–Kier alpha value is -5.85. The molecule has 4 aliphatic heterocycles. The number of carbonyl (C=O) groups excluding carboxylic acids is 5. The summed E-state index contributed by atoms with van der Waals surface area (Å²) in [4.78, 5) is 88.9. The van der Waals surface area contributed by atoms with Gasteiger partial charge >= 0.3 is 23.7 Å². The van der Waals surface area contributed by atoms with Gasteiger partial charge in [-0.25, -0.2) is 0 Å². The second kappa shape index (κ2) is 21.0. The third-order valence-electron chi connectivity index (χ3n) is 13.9. The summed E-state index contributed by atoms with van der Waals surface area (Å²) in [6, 6.07) is 0. The molecule has 1 aromatic carbocycles. The summed E-state index contributed by atoms with van der Waals surface area (Å²) >= 11 is 0. The quantitative estimate of drug-likeness (QED) is 0.229. The lowest BCUT2D eigenvalue weighted by Crippen LogP contribution is -2.50. The number of hydrogen-bond donors (Lipinski definition) is 4. The maximum Gasteiger partial charge on any atom is 0.312 e. The van der Waals surface area contributed by atoms with E-state index in [0.29, 0.717) is 43.1 Å². The number of carboxylic acid groups (broad SMARTS) is 1. The number of ketones is 2. The first-order chi connectivity index (χ1) is 32.5. The number of esters is 2. The van der Waals surface area contributed by atoms with E-state index in [9.17, 15) is 34.2 Å². The van der Waals surface area contributed by atoms with Crippen LogP contribution in [-0.4, -0.2) is 126 Å². The zero-order chi connectivity index (χ0) is 50.9. The molecule has 0 unspecified atom stereocenters. The van der Waals surface area contributed by atoms with Gasteiger partial charge in [-0.2, -0.15) is 0 Å². The van der Waals surface area contributed by atoms with Crippen LogP contribution in [0, 0.1) is 36.5 Å². The molecule has 5 aliphatic rings. The monoisotopic (exact) mass is 960 g/mol. The van der Waals surface area contributed by atoms with Crippen LogP contribution in [0.5, 0.6) is 11.5 Å². The van der Waals surface area contributed by atoms with Crippen molar-refractivity contribution >= 4 is 41.1 Å². The van der Waals surface area contributed by atoms with Crippen LogP contribution in [0.25, 0.3) is 0 Å². The molecule has 4 heterocycles. The Labute approximate surface area is 403 Å². The zero-order valence-electron chi connectivity index (χ0n) is 41.7. The Morgan fingerprint density at radius 2 is 1.59 bits per heavy atom. The Bertz CT molecular complexity index is 2390. The Balaban J connectivity index is 1.51. The average molecular weight is 961 g/mol. The predicted molar refractivity (Wildman–Crippen MR) is 252 cm³/mol. The van der Waals surface area contributed by atoms with Gasteiger partial charge in [0.15, 0.2) is 0 Å². The van der Waals surface area contributed by atoms with Crippen molar-refractivity contribution in [1.82, 2.24) is 15.5 Å². The van der Waals surface area contributed by atoms with Crippen molar-refractivity contribution in [1.29, 1.82) is 0 Å². The third kappa shape index (κ3) is 10.7. The number of aliphatic carboxylic acids is 1. The van der Waals surface area contributed by atoms with Crippen molar-refractivity contribution < 1.29 is 67.4 Å². The summed E-state index contributed by atoms with van der Waals surface area (Å²) in [6.45, 7) is 19.4. The molecule has 9 atom stereocenters. The number of nitrogens with one attached hydrogen (secondary N) is 2. The molecule has 1 fully saturated rings. The molecule has 18 nitrogen and oxygen atoms in total. The molecule has 0 aromatic heterocycles. The average Bonchev–Trinajstić information content (AvgIpc) is 3.79. The van der Waals surface area contributed by atoms with E-state index >= 15 is 4.79 Å². The van der Waals surface area contributed by atoms with Crippen LogP contribution < -0.4 is 20.1 Å². The summed E-state index contributed by atoms with van der Waals surface area (Å²) in [5, 5.41) is 27.7. The van der Waals surface area contributed by atoms with Gasteiger partial charge in [0.25, 0.3) is 11.7 Å². The Kier molecular flexibility index (Phi) is 16.0. The molecule has 4 N–H and O–H groups in total. The number of Topliss-reactive ketones (excluding diaryl/α,β-unsaturated/α-hetero) is 2. The van der Waals surface area contributed by atoms with Crippen LogP contribution in [0.4, 0.5) is 0 Å². The van der Waals surface area contributed by atoms with Gasteiger partial charge in [0.05, 0.1) is 61.0 Å². The number of carbonyl (C=O) groups is 6. The summed E-state index contributed by atoms with van der Waals surface area (Å²) in [5.74, 6) is -8.57. The molecule has 376 valence electrons. The largest absolute Gasteiger partial charge is 0.496 e. The Morgan fingerprint density at radius 3 is 2.20 bits per heavy atom. The number of rotatable bonds is 9. The molecule has 1 saturated heterocycles. The minimum atomic E-state index is -1.97. The van der Waals surface area contributed by atoms with Crippen LogP contribution in [-0.2, 0) is 38.1 Å². The van der Waals surface area contributed by atoms with E-state index in [0.717, 1.165) is 6.54 Å². The van der Waals surface area contributed by atoms with E-state index < -0.39 is 108 Å². The van der Waals surface area contributed by atoms with Crippen LogP contribution in [0.15, 0.2) is 52.5 Å². The van der Waals surface area contributed by atoms with Crippen LogP contribution in [0.3, 0.4) is 0 Å². The molecule has 6 rings (SSSR count). The predicted octanol–water partition coefficient (Wildman–Crippen LogP) is 5.33. The van der Waals surface area contributed by atoms with Crippen LogP contribution >= 0.6 is 0 Å². The smallest absolute Gasteiger partial charge is 0.312 e. The lowest BCUT2D eigenvalue weighted by Gasteiger charge is -2.39. The van der Waals surface area contributed by atoms with Gasteiger partial charge in [-0.3, -0.25) is 33.8 Å². The first-order valence-corrected chi connectivity index (χ1v) is 23.7. The number of aliphatic imine (C=N–C) groups is 1.